The first kappa shape index (κ1) is 13.6. The quantitative estimate of drug-likeness (QED) is 0.490. The highest BCUT2D eigenvalue weighted by atomic mass is 79.9. The molecule has 2 heterocycles. The van der Waals surface area contributed by atoms with Gasteiger partial charge < -0.3 is 4.42 Å². The molecule has 0 aliphatic rings. The Morgan fingerprint density at radius 2 is 2.11 bits per heavy atom. The predicted molar refractivity (Wildman–Crippen MR) is 86.0 cm³/mol. The Morgan fingerprint density at radius 1 is 1.32 bits per heavy atom. The minimum atomic E-state index is -0.162. The van der Waals surface area contributed by atoms with Crippen molar-refractivity contribution in [1.82, 2.24) is 4.98 Å². The number of para-hydroxylation sites is 2. The van der Waals surface area contributed by atoms with E-state index in [1.54, 1.807) is 11.3 Å². The molecule has 2 aromatic heterocycles. The highest BCUT2D eigenvalue weighted by Gasteiger charge is 2.18. The number of benzene rings is 1. The zero-order chi connectivity index (χ0) is 13.4. The Morgan fingerprint density at radius 3 is 2.79 bits per heavy atom. The minimum Gasteiger partial charge on any atom is -0.441 e. The van der Waals surface area contributed by atoms with Crippen LogP contribution in [0.15, 0.2) is 42.3 Å². The summed E-state index contributed by atoms with van der Waals surface area (Å²) < 4.78 is 7.78. The summed E-state index contributed by atoms with van der Waals surface area (Å²) in [4.78, 5) is 4.44. The number of thiophene rings is 1. The molecule has 0 amide bonds. The number of oxazole rings is 1. The lowest BCUT2D eigenvalue weighted by Gasteiger charge is -2.05. The van der Waals surface area contributed by atoms with Crippen molar-refractivity contribution in [2.75, 3.05) is 0 Å². The molecule has 0 aliphatic heterocycles. The van der Waals surface area contributed by atoms with E-state index in [1.165, 1.54) is 0 Å². The van der Waals surface area contributed by atoms with E-state index in [-0.39, 0.29) is 5.38 Å². The standard InChI is InChI=1S/C13H8Br2ClNOS/c14-11-5-7(13(15)19-11)8(16)6-12-17-9-3-1-2-4-10(9)18-12/h1-5,8H,6H2. The molecule has 98 valence electrons. The van der Waals surface area contributed by atoms with Crippen molar-refractivity contribution in [1.29, 1.82) is 0 Å². The van der Waals surface area contributed by atoms with Crippen molar-refractivity contribution in [2.24, 2.45) is 0 Å². The van der Waals surface area contributed by atoms with Gasteiger partial charge in [0, 0.05) is 6.42 Å². The Labute approximate surface area is 136 Å². The highest BCUT2D eigenvalue weighted by molar-refractivity contribution is 9.12. The third kappa shape index (κ3) is 2.89. The van der Waals surface area contributed by atoms with E-state index in [0.29, 0.717) is 12.3 Å². The molecule has 0 aliphatic carbocycles. The Kier molecular flexibility index (Phi) is 3.98. The number of aromatic nitrogens is 1. The van der Waals surface area contributed by atoms with Crippen LogP contribution >= 0.6 is 54.8 Å². The molecule has 6 heteroatoms. The van der Waals surface area contributed by atoms with Crippen molar-refractivity contribution in [3.63, 3.8) is 0 Å². The molecule has 0 saturated carbocycles. The Hall–Kier alpha value is -0.360. The summed E-state index contributed by atoms with van der Waals surface area (Å²) in [7, 11) is 0. The van der Waals surface area contributed by atoms with E-state index in [4.69, 9.17) is 16.0 Å². The molecule has 2 nitrogen and oxygen atoms in total. The lowest BCUT2D eigenvalue weighted by Crippen LogP contribution is -1.95. The highest BCUT2D eigenvalue weighted by Crippen LogP contribution is 2.39. The SMILES string of the molecule is ClC(Cc1nc2ccccc2o1)c1cc(Br)sc1Br. The maximum absolute atomic E-state index is 6.44. The molecule has 0 radical (unpaired) electrons. The van der Waals surface area contributed by atoms with Crippen LogP contribution < -0.4 is 0 Å². The first-order valence-electron chi connectivity index (χ1n) is 5.57. The van der Waals surface area contributed by atoms with Gasteiger partial charge >= 0.3 is 0 Å². The van der Waals surface area contributed by atoms with Crippen LogP contribution in [0, 0.1) is 0 Å². The van der Waals surface area contributed by atoms with E-state index in [0.717, 1.165) is 24.2 Å². The molecule has 3 aromatic rings. The number of alkyl halides is 1. The summed E-state index contributed by atoms with van der Waals surface area (Å²) in [5, 5.41) is -0.162. The van der Waals surface area contributed by atoms with Crippen LogP contribution in [0.1, 0.15) is 16.8 Å². The van der Waals surface area contributed by atoms with Gasteiger partial charge in [0.1, 0.15) is 5.52 Å². The van der Waals surface area contributed by atoms with Gasteiger partial charge in [0.15, 0.2) is 11.5 Å². The lowest BCUT2D eigenvalue weighted by atomic mass is 10.2. The second-order valence-electron chi connectivity index (χ2n) is 4.03. The fraction of sp³-hybridized carbons (Fsp3) is 0.154. The van der Waals surface area contributed by atoms with Crippen LogP contribution in [-0.4, -0.2) is 4.98 Å². The number of hydrogen-bond acceptors (Lipinski definition) is 3. The number of nitrogens with zero attached hydrogens (tertiary/aromatic N) is 1. The maximum Gasteiger partial charge on any atom is 0.197 e. The molecule has 0 spiro atoms. The zero-order valence-corrected chi connectivity index (χ0v) is 14.3. The van der Waals surface area contributed by atoms with Crippen LogP contribution in [0.2, 0.25) is 0 Å². The molecule has 0 fully saturated rings. The molecule has 0 saturated heterocycles. The van der Waals surface area contributed by atoms with Gasteiger partial charge in [-0.2, -0.15) is 0 Å². The van der Waals surface area contributed by atoms with Crippen molar-refractivity contribution in [3.8, 4) is 0 Å². The van der Waals surface area contributed by atoms with Crippen molar-refractivity contribution < 1.29 is 4.42 Å². The van der Waals surface area contributed by atoms with Crippen LogP contribution in [0.4, 0.5) is 0 Å². The Balaban J connectivity index is 1.86. The minimum absolute atomic E-state index is 0.162. The summed E-state index contributed by atoms with van der Waals surface area (Å²) >= 11 is 15.0. The Bertz CT molecular complexity index is 691. The summed E-state index contributed by atoms with van der Waals surface area (Å²) in [5.74, 6) is 0.662. The number of hydrogen-bond donors (Lipinski definition) is 0. The molecule has 19 heavy (non-hydrogen) atoms. The second-order valence-corrected chi connectivity index (χ2v) is 8.30. The lowest BCUT2D eigenvalue weighted by molar-refractivity contribution is 0.525. The normalized spacial score (nSPS) is 13.0. The average molecular weight is 422 g/mol. The summed E-state index contributed by atoms with van der Waals surface area (Å²) in [6, 6.07) is 9.74. The fourth-order valence-corrected chi connectivity index (χ4v) is 5.31. The summed E-state index contributed by atoms with van der Waals surface area (Å²) in [6.45, 7) is 0. The van der Waals surface area contributed by atoms with Gasteiger partial charge in [-0.1, -0.05) is 12.1 Å². The van der Waals surface area contributed by atoms with Gasteiger partial charge in [0.05, 0.1) is 12.9 Å². The molecular formula is C13H8Br2ClNOS. The third-order valence-electron chi connectivity index (χ3n) is 2.71. The van der Waals surface area contributed by atoms with Crippen LogP contribution in [0.3, 0.4) is 0 Å². The first-order valence-corrected chi connectivity index (χ1v) is 8.40. The molecule has 3 rings (SSSR count). The first-order chi connectivity index (χ1) is 9.13. The summed E-state index contributed by atoms with van der Waals surface area (Å²) in [6.07, 6.45) is 0.567. The van der Waals surface area contributed by atoms with Crippen LogP contribution in [0.25, 0.3) is 11.1 Å². The monoisotopic (exact) mass is 419 g/mol. The van der Waals surface area contributed by atoms with Crippen LogP contribution in [0.5, 0.6) is 0 Å². The fourth-order valence-electron chi connectivity index (χ4n) is 1.84. The van der Waals surface area contributed by atoms with E-state index < -0.39 is 0 Å². The maximum atomic E-state index is 6.44. The van der Waals surface area contributed by atoms with Gasteiger partial charge in [0.2, 0.25) is 0 Å². The average Bonchev–Trinajstić information content (AvgIpc) is 2.91. The zero-order valence-electron chi connectivity index (χ0n) is 9.57. The number of fused-ring (bicyclic) bond motifs is 1. The van der Waals surface area contributed by atoms with Crippen LogP contribution in [-0.2, 0) is 6.42 Å². The van der Waals surface area contributed by atoms with Gasteiger partial charge in [0.25, 0.3) is 0 Å². The van der Waals surface area contributed by atoms with Gasteiger partial charge in [-0.25, -0.2) is 4.98 Å². The van der Waals surface area contributed by atoms with Gasteiger partial charge in [-0.15, -0.1) is 22.9 Å². The molecule has 0 bridgehead atoms. The summed E-state index contributed by atoms with van der Waals surface area (Å²) in [5.41, 5.74) is 2.72. The van der Waals surface area contributed by atoms with Gasteiger partial charge in [-0.05, 0) is 55.6 Å². The molecule has 1 unspecified atom stereocenters. The van der Waals surface area contributed by atoms with E-state index in [2.05, 4.69) is 36.8 Å². The van der Waals surface area contributed by atoms with Crippen molar-refractivity contribution >= 4 is 65.9 Å². The molecule has 1 aromatic carbocycles. The van der Waals surface area contributed by atoms with E-state index >= 15 is 0 Å². The van der Waals surface area contributed by atoms with E-state index in [1.807, 2.05) is 30.3 Å². The number of rotatable bonds is 3. The molecular weight excluding hydrogens is 413 g/mol. The molecule has 0 N–H and O–H groups in total. The van der Waals surface area contributed by atoms with Gasteiger partial charge in [-0.3, -0.25) is 0 Å². The second kappa shape index (κ2) is 5.56. The largest absolute Gasteiger partial charge is 0.441 e. The number of halogens is 3. The third-order valence-corrected chi connectivity index (χ3v) is 5.49. The predicted octanol–water partition coefficient (Wildman–Crippen LogP) is 5.94. The van der Waals surface area contributed by atoms with E-state index in [9.17, 15) is 0 Å². The van der Waals surface area contributed by atoms with Crippen molar-refractivity contribution in [3.05, 3.63) is 49.4 Å². The smallest absolute Gasteiger partial charge is 0.197 e. The van der Waals surface area contributed by atoms with Crippen molar-refractivity contribution in [2.45, 2.75) is 11.8 Å². The topological polar surface area (TPSA) is 26.0 Å². The molecule has 1 atom stereocenters.